The van der Waals surface area contributed by atoms with Gasteiger partial charge in [0.1, 0.15) is 0 Å². The molecule has 0 amide bonds. The van der Waals surface area contributed by atoms with Crippen LogP contribution >= 0.6 is 11.6 Å². The number of benzene rings is 2. The maximum Gasteiger partial charge on any atom is 0.188 e. The summed E-state index contributed by atoms with van der Waals surface area (Å²) in [4.78, 5) is 12.1. The van der Waals surface area contributed by atoms with Crippen LogP contribution in [0.4, 0.5) is 0 Å². The van der Waals surface area contributed by atoms with Crippen molar-refractivity contribution in [2.24, 2.45) is 0 Å². The summed E-state index contributed by atoms with van der Waals surface area (Å²) >= 11 is 5.80. The predicted molar refractivity (Wildman–Crippen MR) is 75.9 cm³/mol. The van der Waals surface area contributed by atoms with Crippen molar-refractivity contribution in [3.8, 4) is 0 Å². The molecule has 2 aromatic carbocycles. The van der Waals surface area contributed by atoms with Gasteiger partial charge < -0.3 is 0 Å². The summed E-state index contributed by atoms with van der Waals surface area (Å²) in [5.74, 6) is 0.0236. The zero-order chi connectivity index (χ0) is 13.0. The third-order valence-corrected chi connectivity index (χ3v) is 2.90. The van der Waals surface area contributed by atoms with E-state index >= 15 is 0 Å². The van der Waals surface area contributed by atoms with E-state index in [0.717, 1.165) is 5.56 Å². The van der Waals surface area contributed by atoms with Gasteiger partial charge in [0, 0.05) is 10.6 Å². The standard InChI is InChI=1S/C16H13ClO/c1-12(11-13-5-3-2-4-6-13)16(18)14-7-9-15(17)10-8-14/h2-11H,1H3/b12-11+. The summed E-state index contributed by atoms with van der Waals surface area (Å²) in [6.07, 6.45) is 1.89. The van der Waals surface area contributed by atoms with Gasteiger partial charge in [-0.3, -0.25) is 4.79 Å². The first-order valence-electron chi connectivity index (χ1n) is 5.70. The second-order valence-corrected chi connectivity index (χ2v) is 4.51. The van der Waals surface area contributed by atoms with Gasteiger partial charge in [-0.05, 0) is 48.4 Å². The van der Waals surface area contributed by atoms with Crippen LogP contribution < -0.4 is 0 Å². The molecule has 0 heterocycles. The quantitative estimate of drug-likeness (QED) is 0.578. The van der Waals surface area contributed by atoms with E-state index in [1.165, 1.54) is 0 Å². The molecule has 2 aromatic rings. The van der Waals surface area contributed by atoms with Crippen LogP contribution in [0.1, 0.15) is 22.8 Å². The Morgan fingerprint density at radius 1 is 1.00 bits per heavy atom. The van der Waals surface area contributed by atoms with Crippen LogP contribution in [0.2, 0.25) is 5.02 Å². The molecule has 2 rings (SSSR count). The number of allylic oxidation sites excluding steroid dienone is 1. The first-order chi connectivity index (χ1) is 8.66. The van der Waals surface area contributed by atoms with Crippen LogP contribution in [0.5, 0.6) is 0 Å². The highest BCUT2D eigenvalue weighted by Gasteiger charge is 2.07. The highest BCUT2D eigenvalue weighted by Crippen LogP contribution is 2.15. The number of Topliss-reactive ketones (excluding diaryl/α,β-unsaturated/α-hetero) is 1. The van der Waals surface area contributed by atoms with Gasteiger partial charge in [-0.1, -0.05) is 41.9 Å². The first kappa shape index (κ1) is 12.6. The fraction of sp³-hybridized carbons (Fsp3) is 0.0625. The summed E-state index contributed by atoms with van der Waals surface area (Å²) in [6.45, 7) is 1.82. The minimum atomic E-state index is 0.0236. The average molecular weight is 257 g/mol. The Bertz CT molecular complexity index is 568. The number of rotatable bonds is 3. The van der Waals surface area contributed by atoms with Gasteiger partial charge in [0.05, 0.1) is 0 Å². The SMILES string of the molecule is C/C(=C\c1ccccc1)C(=O)c1ccc(Cl)cc1. The number of ketones is 1. The molecule has 0 atom stereocenters. The monoisotopic (exact) mass is 256 g/mol. The van der Waals surface area contributed by atoms with Crippen LogP contribution in [0.25, 0.3) is 6.08 Å². The molecule has 0 bridgehead atoms. The molecule has 0 spiro atoms. The molecule has 1 nitrogen and oxygen atoms in total. The van der Waals surface area contributed by atoms with Gasteiger partial charge in [0.25, 0.3) is 0 Å². The van der Waals surface area contributed by atoms with Crippen molar-refractivity contribution in [2.75, 3.05) is 0 Å². The molecule has 2 heteroatoms. The molecule has 0 saturated carbocycles. The second kappa shape index (κ2) is 5.65. The van der Waals surface area contributed by atoms with Gasteiger partial charge in [-0.25, -0.2) is 0 Å². The predicted octanol–water partition coefficient (Wildman–Crippen LogP) is 4.63. The van der Waals surface area contributed by atoms with Crippen LogP contribution in [0, 0.1) is 0 Å². The smallest absolute Gasteiger partial charge is 0.188 e. The first-order valence-corrected chi connectivity index (χ1v) is 6.08. The largest absolute Gasteiger partial charge is 0.289 e. The maximum atomic E-state index is 12.1. The molecule has 0 aliphatic heterocycles. The highest BCUT2D eigenvalue weighted by molar-refractivity contribution is 6.30. The molecular weight excluding hydrogens is 244 g/mol. The van der Waals surface area contributed by atoms with E-state index in [1.54, 1.807) is 24.3 Å². The van der Waals surface area contributed by atoms with E-state index in [1.807, 2.05) is 43.3 Å². The topological polar surface area (TPSA) is 17.1 Å². The number of carbonyl (C=O) groups is 1. The second-order valence-electron chi connectivity index (χ2n) is 4.07. The third-order valence-electron chi connectivity index (χ3n) is 2.65. The lowest BCUT2D eigenvalue weighted by Gasteiger charge is -2.02. The van der Waals surface area contributed by atoms with Gasteiger partial charge >= 0.3 is 0 Å². The van der Waals surface area contributed by atoms with Crippen molar-refractivity contribution < 1.29 is 4.79 Å². The number of halogens is 1. The van der Waals surface area contributed by atoms with E-state index in [2.05, 4.69) is 0 Å². The lowest BCUT2D eigenvalue weighted by molar-refractivity contribution is 0.103. The van der Waals surface area contributed by atoms with Crippen LogP contribution in [0.3, 0.4) is 0 Å². The lowest BCUT2D eigenvalue weighted by Crippen LogP contribution is -2.00. The van der Waals surface area contributed by atoms with Crippen molar-refractivity contribution in [1.29, 1.82) is 0 Å². The number of hydrogen-bond donors (Lipinski definition) is 0. The normalized spacial score (nSPS) is 11.3. The zero-order valence-electron chi connectivity index (χ0n) is 10.1. The summed E-state index contributed by atoms with van der Waals surface area (Å²) < 4.78 is 0. The van der Waals surface area contributed by atoms with E-state index in [9.17, 15) is 4.79 Å². The Morgan fingerprint density at radius 3 is 2.22 bits per heavy atom. The van der Waals surface area contributed by atoms with E-state index < -0.39 is 0 Å². The molecule has 0 saturated heterocycles. The fourth-order valence-corrected chi connectivity index (χ4v) is 1.82. The van der Waals surface area contributed by atoms with Gasteiger partial charge in [0.2, 0.25) is 0 Å². The number of hydrogen-bond acceptors (Lipinski definition) is 1. The molecule has 18 heavy (non-hydrogen) atoms. The molecule has 0 radical (unpaired) electrons. The molecular formula is C16H13ClO. The van der Waals surface area contributed by atoms with Crippen molar-refractivity contribution >= 4 is 23.5 Å². The van der Waals surface area contributed by atoms with E-state index in [-0.39, 0.29) is 5.78 Å². The Balaban J connectivity index is 2.24. The Kier molecular flexibility index (Phi) is 3.96. The summed E-state index contributed by atoms with van der Waals surface area (Å²) in [5, 5.41) is 0.635. The van der Waals surface area contributed by atoms with Crippen LogP contribution in [-0.2, 0) is 0 Å². The molecule has 0 aliphatic carbocycles. The Hall–Kier alpha value is -1.86. The van der Waals surface area contributed by atoms with Crippen molar-refractivity contribution in [1.82, 2.24) is 0 Å². The van der Waals surface area contributed by atoms with E-state index in [4.69, 9.17) is 11.6 Å². The average Bonchev–Trinajstić information content (AvgIpc) is 2.40. The van der Waals surface area contributed by atoms with Crippen LogP contribution in [-0.4, -0.2) is 5.78 Å². The summed E-state index contributed by atoms with van der Waals surface area (Å²) in [7, 11) is 0. The van der Waals surface area contributed by atoms with Crippen molar-refractivity contribution in [3.63, 3.8) is 0 Å². The van der Waals surface area contributed by atoms with Gasteiger partial charge in [0.15, 0.2) is 5.78 Å². The molecule has 0 unspecified atom stereocenters. The highest BCUT2D eigenvalue weighted by atomic mass is 35.5. The fourth-order valence-electron chi connectivity index (χ4n) is 1.69. The molecule has 0 aliphatic rings. The van der Waals surface area contributed by atoms with Crippen LogP contribution in [0.15, 0.2) is 60.2 Å². The maximum absolute atomic E-state index is 12.1. The minimum absolute atomic E-state index is 0.0236. The summed E-state index contributed by atoms with van der Waals surface area (Å²) in [6, 6.07) is 16.7. The number of carbonyl (C=O) groups excluding carboxylic acids is 1. The molecule has 0 fully saturated rings. The minimum Gasteiger partial charge on any atom is -0.289 e. The third kappa shape index (κ3) is 3.08. The Morgan fingerprint density at radius 2 is 1.61 bits per heavy atom. The van der Waals surface area contributed by atoms with Crippen molar-refractivity contribution in [3.05, 3.63) is 76.3 Å². The van der Waals surface area contributed by atoms with Crippen molar-refractivity contribution in [2.45, 2.75) is 6.92 Å². The Labute approximate surface area is 112 Å². The van der Waals surface area contributed by atoms with Gasteiger partial charge in [-0.2, -0.15) is 0 Å². The lowest BCUT2D eigenvalue weighted by atomic mass is 10.0. The molecule has 0 N–H and O–H groups in total. The zero-order valence-corrected chi connectivity index (χ0v) is 10.8. The molecule has 90 valence electrons. The van der Waals surface area contributed by atoms with E-state index in [0.29, 0.717) is 16.2 Å². The van der Waals surface area contributed by atoms with Gasteiger partial charge in [-0.15, -0.1) is 0 Å². The molecule has 0 aromatic heterocycles. The summed E-state index contributed by atoms with van der Waals surface area (Å²) in [5.41, 5.74) is 2.39.